The molecule has 0 unspecified atom stereocenters. The molecular formula is C28H29FN4O4. The highest BCUT2D eigenvalue weighted by atomic mass is 19.1. The summed E-state index contributed by atoms with van der Waals surface area (Å²) in [5.74, 6) is -0.654. The van der Waals surface area contributed by atoms with E-state index in [0.29, 0.717) is 28.9 Å². The number of alkyl halides is 1. The first-order valence-corrected chi connectivity index (χ1v) is 12.3. The van der Waals surface area contributed by atoms with E-state index >= 15 is 0 Å². The van der Waals surface area contributed by atoms with Crippen LogP contribution in [0.25, 0.3) is 11.3 Å². The maximum absolute atomic E-state index is 14.2. The third-order valence-electron chi connectivity index (χ3n) is 6.41. The van der Waals surface area contributed by atoms with Gasteiger partial charge in [0.1, 0.15) is 11.4 Å². The van der Waals surface area contributed by atoms with Crippen LogP contribution < -0.4 is 5.32 Å². The molecule has 192 valence electrons. The Morgan fingerprint density at radius 1 is 1.16 bits per heavy atom. The highest BCUT2D eigenvalue weighted by Crippen LogP contribution is 2.41. The summed E-state index contributed by atoms with van der Waals surface area (Å²) < 4.78 is 19.7. The van der Waals surface area contributed by atoms with Crippen LogP contribution in [0.5, 0.6) is 0 Å². The summed E-state index contributed by atoms with van der Waals surface area (Å²) in [5, 5.41) is 2.56. The molecule has 0 atom stereocenters. The zero-order valence-electron chi connectivity index (χ0n) is 21.1. The lowest BCUT2D eigenvalue weighted by atomic mass is 9.93. The van der Waals surface area contributed by atoms with E-state index in [-0.39, 0.29) is 37.5 Å². The first kappa shape index (κ1) is 24.7. The molecule has 5 rings (SSSR count). The quantitative estimate of drug-likeness (QED) is 0.507. The summed E-state index contributed by atoms with van der Waals surface area (Å²) in [6.07, 6.45) is 1.88. The van der Waals surface area contributed by atoms with E-state index in [1.54, 1.807) is 32.9 Å². The van der Waals surface area contributed by atoms with Crippen molar-refractivity contribution in [3.05, 3.63) is 71.0 Å². The number of carbonyl (C=O) groups is 3. The number of rotatable bonds is 5. The molecule has 1 saturated carbocycles. The number of fused-ring (bicyclic) bond motifs is 1. The predicted octanol–water partition coefficient (Wildman–Crippen LogP) is 5.04. The summed E-state index contributed by atoms with van der Waals surface area (Å²) >= 11 is 0. The van der Waals surface area contributed by atoms with E-state index in [4.69, 9.17) is 4.74 Å². The third kappa shape index (κ3) is 5.26. The molecule has 3 heterocycles. The minimum absolute atomic E-state index is 0.0861. The van der Waals surface area contributed by atoms with Gasteiger partial charge in [-0.2, -0.15) is 0 Å². The lowest BCUT2D eigenvalue weighted by Crippen LogP contribution is -2.42. The Kier molecular flexibility index (Phi) is 6.09. The number of pyridine rings is 1. The molecule has 3 aromatic rings. The molecule has 2 aromatic heterocycles. The molecular weight excluding hydrogens is 475 g/mol. The maximum atomic E-state index is 14.2. The number of aromatic nitrogens is 2. The molecule has 9 heteroatoms. The van der Waals surface area contributed by atoms with Crippen molar-refractivity contribution in [3.63, 3.8) is 0 Å². The molecule has 0 spiro atoms. The fourth-order valence-electron chi connectivity index (χ4n) is 4.45. The van der Waals surface area contributed by atoms with Gasteiger partial charge in [-0.25, -0.2) is 14.2 Å². The van der Waals surface area contributed by atoms with E-state index in [1.807, 2.05) is 30.3 Å². The number of nitrogens with one attached hydrogen (secondary N) is 2. The van der Waals surface area contributed by atoms with Gasteiger partial charge in [0.2, 0.25) is 0 Å². The van der Waals surface area contributed by atoms with Crippen LogP contribution in [0.2, 0.25) is 0 Å². The van der Waals surface area contributed by atoms with Crippen LogP contribution in [-0.2, 0) is 22.5 Å². The first-order valence-electron chi connectivity index (χ1n) is 12.3. The summed E-state index contributed by atoms with van der Waals surface area (Å²) in [6, 6.07) is 13.2. The molecule has 1 aliphatic carbocycles. The van der Waals surface area contributed by atoms with E-state index < -0.39 is 23.3 Å². The van der Waals surface area contributed by atoms with Crippen LogP contribution in [-0.4, -0.2) is 50.5 Å². The number of halogens is 1. The van der Waals surface area contributed by atoms with Crippen molar-refractivity contribution < 1.29 is 23.5 Å². The fourth-order valence-corrected chi connectivity index (χ4v) is 4.45. The zero-order chi connectivity index (χ0) is 26.4. The van der Waals surface area contributed by atoms with Crippen LogP contribution >= 0.6 is 0 Å². The normalized spacial score (nSPS) is 16.2. The van der Waals surface area contributed by atoms with Gasteiger partial charge in [0, 0.05) is 29.4 Å². The second kappa shape index (κ2) is 9.14. The molecule has 8 nitrogen and oxygen atoms in total. The van der Waals surface area contributed by atoms with Crippen LogP contribution in [0.15, 0.2) is 48.7 Å². The number of hydrogen-bond acceptors (Lipinski definition) is 5. The molecule has 0 radical (unpaired) electrons. The molecule has 0 bridgehead atoms. The minimum atomic E-state index is -1.82. The molecule has 1 aliphatic heterocycles. The molecule has 0 saturated heterocycles. The molecule has 1 aromatic carbocycles. The standard InChI is InChI=1S/C28H29FN4O4/c1-27(2,3)37-26(36)33-15-20-23(21(34)16-33)19(13-17-7-5-4-6-8-17)24(31-20)18-9-12-30-22(14-18)32-25(35)28(29)10-11-28/h4-9,12,14,31H,10-11,13,15-16H2,1-3H3,(H,30,32,35). The van der Waals surface area contributed by atoms with Crippen LogP contribution in [0.3, 0.4) is 0 Å². The summed E-state index contributed by atoms with van der Waals surface area (Å²) in [4.78, 5) is 47.2. The van der Waals surface area contributed by atoms with Gasteiger partial charge in [0.05, 0.1) is 18.8 Å². The Labute approximate surface area is 214 Å². The van der Waals surface area contributed by atoms with Gasteiger partial charge < -0.3 is 15.0 Å². The van der Waals surface area contributed by atoms with Gasteiger partial charge in [-0.05, 0) is 56.9 Å². The van der Waals surface area contributed by atoms with Crippen molar-refractivity contribution in [1.82, 2.24) is 14.9 Å². The van der Waals surface area contributed by atoms with Crippen molar-refractivity contribution in [2.24, 2.45) is 0 Å². The van der Waals surface area contributed by atoms with Gasteiger partial charge in [0.25, 0.3) is 5.91 Å². The Hall–Kier alpha value is -4.01. The van der Waals surface area contributed by atoms with Crippen molar-refractivity contribution in [2.75, 3.05) is 11.9 Å². The summed E-state index contributed by atoms with van der Waals surface area (Å²) in [7, 11) is 0. The van der Waals surface area contributed by atoms with Crippen molar-refractivity contribution in [3.8, 4) is 11.3 Å². The Bertz CT molecular complexity index is 1370. The van der Waals surface area contributed by atoms with Gasteiger partial charge in [0.15, 0.2) is 11.5 Å². The van der Waals surface area contributed by atoms with Crippen molar-refractivity contribution >= 4 is 23.6 Å². The van der Waals surface area contributed by atoms with E-state index in [1.165, 1.54) is 11.1 Å². The average Bonchev–Trinajstić information content (AvgIpc) is 3.49. The fraction of sp³-hybridized carbons (Fsp3) is 0.357. The number of ether oxygens (including phenoxy) is 1. The van der Waals surface area contributed by atoms with Gasteiger partial charge >= 0.3 is 6.09 Å². The highest BCUT2D eigenvalue weighted by Gasteiger charge is 2.51. The monoisotopic (exact) mass is 504 g/mol. The van der Waals surface area contributed by atoms with E-state index in [2.05, 4.69) is 15.3 Å². The second-order valence-electron chi connectivity index (χ2n) is 10.6. The summed E-state index contributed by atoms with van der Waals surface area (Å²) in [5.41, 5.74) is 1.85. The number of Topliss-reactive ketones (excluding diaryl/α,β-unsaturated/α-hetero) is 1. The topological polar surface area (TPSA) is 104 Å². The number of benzene rings is 1. The number of amides is 2. The van der Waals surface area contributed by atoms with Crippen LogP contribution in [0.1, 0.15) is 60.8 Å². The third-order valence-corrected chi connectivity index (χ3v) is 6.41. The largest absolute Gasteiger partial charge is 0.444 e. The number of anilines is 1. The number of ketones is 1. The number of nitrogens with zero attached hydrogens (tertiary/aromatic N) is 2. The Morgan fingerprint density at radius 2 is 1.89 bits per heavy atom. The van der Waals surface area contributed by atoms with Crippen LogP contribution in [0, 0.1) is 0 Å². The number of hydrogen-bond donors (Lipinski definition) is 2. The lowest BCUT2D eigenvalue weighted by molar-refractivity contribution is -0.122. The summed E-state index contributed by atoms with van der Waals surface area (Å²) in [6.45, 7) is 5.44. The Balaban J connectivity index is 1.52. The number of carbonyl (C=O) groups excluding carboxylic acids is 3. The molecule has 2 N–H and O–H groups in total. The van der Waals surface area contributed by atoms with E-state index in [9.17, 15) is 18.8 Å². The first-order chi connectivity index (χ1) is 17.5. The number of H-pyrrole nitrogens is 1. The van der Waals surface area contributed by atoms with Gasteiger partial charge in [-0.15, -0.1) is 0 Å². The maximum Gasteiger partial charge on any atom is 0.411 e. The van der Waals surface area contributed by atoms with E-state index in [0.717, 1.165) is 11.1 Å². The SMILES string of the molecule is CC(C)(C)OC(=O)N1CC(=O)c2c([nH]c(-c3ccnc(NC(=O)C4(F)CC4)c3)c2Cc2ccccc2)C1. The molecule has 2 amide bonds. The lowest BCUT2D eigenvalue weighted by Gasteiger charge is -2.29. The Morgan fingerprint density at radius 3 is 2.57 bits per heavy atom. The average molecular weight is 505 g/mol. The molecule has 2 aliphatic rings. The van der Waals surface area contributed by atoms with Gasteiger partial charge in [-0.3, -0.25) is 14.5 Å². The van der Waals surface area contributed by atoms with Crippen molar-refractivity contribution in [1.29, 1.82) is 0 Å². The molecule has 1 fully saturated rings. The highest BCUT2D eigenvalue weighted by molar-refractivity contribution is 6.04. The second-order valence-corrected chi connectivity index (χ2v) is 10.6. The minimum Gasteiger partial charge on any atom is -0.444 e. The molecule has 37 heavy (non-hydrogen) atoms. The van der Waals surface area contributed by atoms with Gasteiger partial charge in [-0.1, -0.05) is 30.3 Å². The van der Waals surface area contributed by atoms with Crippen LogP contribution in [0.4, 0.5) is 15.0 Å². The predicted molar refractivity (Wildman–Crippen MR) is 136 cm³/mol. The van der Waals surface area contributed by atoms with Crippen molar-refractivity contribution in [2.45, 2.75) is 57.8 Å². The number of aromatic amines is 1. The zero-order valence-corrected chi connectivity index (χ0v) is 21.1. The smallest absolute Gasteiger partial charge is 0.411 e.